The van der Waals surface area contributed by atoms with E-state index in [-0.39, 0.29) is 23.4 Å². The van der Waals surface area contributed by atoms with Crippen LogP contribution >= 0.6 is 11.8 Å². The van der Waals surface area contributed by atoms with Gasteiger partial charge in [-0.05, 0) is 45.4 Å². The number of benzene rings is 1. The molecule has 1 aliphatic rings. The Balaban J connectivity index is 2.02. The van der Waals surface area contributed by atoms with Gasteiger partial charge < -0.3 is 25.4 Å². The monoisotopic (exact) mass is 465 g/mol. The molecular weight excluding hydrogens is 434 g/mol. The van der Waals surface area contributed by atoms with Crippen LogP contribution in [-0.2, 0) is 14.3 Å². The van der Waals surface area contributed by atoms with Crippen LogP contribution in [0.15, 0.2) is 24.3 Å². The lowest BCUT2D eigenvalue weighted by Gasteiger charge is -2.30. The van der Waals surface area contributed by atoms with Crippen LogP contribution in [0.2, 0.25) is 0 Å². The number of nitrogens with zero attached hydrogens (tertiary/aromatic N) is 1. The Morgan fingerprint density at radius 3 is 2.59 bits per heavy atom. The van der Waals surface area contributed by atoms with Crippen molar-refractivity contribution in [3.8, 4) is 0 Å². The molecule has 10 heteroatoms. The molecule has 0 spiro atoms. The van der Waals surface area contributed by atoms with Crippen LogP contribution in [0.5, 0.6) is 0 Å². The summed E-state index contributed by atoms with van der Waals surface area (Å²) in [5.41, 5.74) is -0.341. The minimum absolute atomic E-state index is 0.0342. The number of amides is 3. The first-order chi connectivity index (χ1) is 15.0. The number of ether oxygens (including phenoxy) is 1. The molecule has 1 aliphatic heterocycles. The van der Waals surface area contributed by atoms with Crippen molar-refractivity contribution in [2.24, 2.45) is 0 Å². The van der Waals surface area contributed by atoms with Crippen molar-refractivity contribution in [2.75, 3.05) is 17.6 Å². The predicted octanol–water partition coefficient (Wildman–Crippen LogP) is 3.31. The molecule has 0 bridgehead atoms. The molecule has 2 unspecified atom stereocenters. The summed E-state index contributed by atoms with van der Waals surface area (Å²) >= 11 is 1.54. The van der Waals surface area contributed by atoms with Gasteiger partial charge in [-0.3, -0.25) is 4.79 Å². The summed E-state index contributed by atoms with van der Waals surface area (Å²) in [5, 5.41) is 13.9. The lowest BCUT2D eigenvalue weighted by atomic mass is 10.1. The molecular formula is C22H31N3O6S. The van der Waals surface area contributed by atoms with Gasteiger partial charge >= 0.3 is 18.0 Å². The molecule has 1 fully saturated rings. The molecule has 0 aliphatic carbocycles. The zero-order chi connectivity index (χ0) is 23.9. The largest absolute Gasteiger partial charge is 0.478 e. The standard InChI is InChI=1S/C22H31N3O6S/c1-5-6-10-18-25(16(13-32-18)20(29)31-22(2,3)4)17(26)12-23-21(30)24-15-9-7-8-14(11-15)19(27)28/h7-9,11,16,18H,5-6,10,12-13H2,1-4H3,(H,27,28)(H2,23,24,30). The van der Waals surface area contributed by atoms with Gasteiger partial charge in [0, 0.05) is 11.4 Å². The van der Waals surface area contributed by atoms with E-state index in [9.17, 15) is 19.2 Å². The Labute approximate surface area is 192 Å². The molecule has 3 amide bonds. The molecule has 32 heavy (non-hydrogen) atoms. The number of rotatable bonds is 8. The van der Waals surface area contributed by atoms with Crippen LogP contribution in [0.3, 0.4) is 0 Å². The van der Waals surface area contributed by atoms with E-state index in [1.807, 2.05) is 0 Å². The Morgan fingerprint density at radius 1 is 1.25 bits per heavy atom. The molecule has 3 N–H and O–H groups in total. The van der Waals surface area contributed by atoms with E-state index in [1.165, 1.54) is 23.1 Å². The van der Waals surface area contributed by atoms with Gasteiger partial charge in [-0.1, -0.05) is 25.8 Å². The van der Waals surface area contributed by atoms with Crippen molar-refractivity contribution < 1.29 is 29.0 Å². The average Bonchev–Trinajstić information content (AvgIpc) is 3.13. The van der Waals surface area contributed by atoms with Gasteiger partial charge in [-0.2, -0.15) is 0 Å². The molecule has 9 nitrogen and oxygen atoms in total. The number of urea groups is 1. The van der Waals surface area contributed by atoms with Crippen LogP contribution in [-0.4, -0.2) is 63.2 Å². The van der Waals surface area contributed by atoms with E-state index in [2.05, 4.69) is 17.6 Å². The summed E-state index contributed by atoms with van der Waals surface area (Å²) < 4.78 is 5.50. The molecule has 176 valence electrons. The minimum atomic E-state index is -1.11. The second kappa shape index (κ2) is 11.2. The maximum atomic E-state index is 13.0. The number of carbonyl (C=O) groups is 4. The number of anilines is 1. The molecule has 0 saturated carbocycles. The third-order valence-electron chi connectivity index (χ3n) is 4.63. The highest BCUT2D eigenvalue weighted by Crippen LogP contribution is 2.33. The quantitative estimate of drug-likeness (QED) is 0.503. The molecule has 1 aromatic rings. The zero-order valence-corrected chi connectivity index (χ0v) is 19.7. The highest BCUT2D eigenvalue weighted by atomic mass is 32.2. The van der Waals surface area contributed by atoms with E-state index in [1.54, 1.807) is 38.6 Å². The molecule has 2 atom stereocenters. The minimum Gasteiger partial charge on any atom is -0.478 e. The third kappa shape index (κ3) is 7.44. The van der Waals surface area contributed by atoms with Crippen molar-refractivity contribution in [3.63, 3.8) is 0 Å². The number of carboxylic acid groups (broad SMARTS) is 1. The lowest BCUT2D eigenvalue weighted by molar-refractivity contribution is -0.163. The van der Waals surface area contributed by atoms with E-state index in [4.69, 9.17) is 9.84 Å². The van der Waals surface area contributed by atoms with Crippen LogP contribution in [0.1, 0.15) is 57.3 Å². The lowest BCUT2D eigenvalue weighted by Crippen LogP contribution is -2.51. The van der Waals surface area contributed by atoms with Gasteiger partial charge in [0.25, 0.3) is 0 Å². The molecule has 0 radical (unpaired) electrons. The highest BCUT2D eigenvalue weighted by Gasteiger charge is 2.42. The van der Waals surface area contributed by atoms with Gasteiger partial charge in [0.2, 0.25) is 5.91 Å². The number of nitrogens with one attached hydrogen (secondary N) is 2. The van der Waals surface area contributed by atoms with Crippen LogP contribution in [0.25, 0.3) is 0 Å². The van der Waals surface area contributed by atoms with Gasteiger partial charge in [-0.25, -0.2) is 14.4 Å². The Morgan fingerprint density at radius 2 is 1.97 bits per heavy atom. The number of carboxylic acids is 1. The topological polar surface area (TPSA) is 125 Å². The number of aromatic carboxylic acids is 1. The SMILES string of the molecule is CCCCC1SCC(C(=O)OC(C)(C)C)N1C(=O)CNC(=O)Nc1cccc(C(=O)O)c1. The first kappa shape index (κ1) is 25.5. The number of hydrogen-bond acceptors (Lipinski definition) is 6. The van der Waals surface area contributed by atoms with E-state index in [0.29, 0.717) is 11.4 Å². The van der Waals surface area contributed by atoms with E-state index < -0.39 is 29.6 Å². The number of hydrogen-bond donors (Lipinski definition) is 3. The van der Waals surface area contributed by atoms with Crippen LogP contribution < -0.4 is 10.6 Å². The number of unbranched alkanes of at least 4 members (excludes halogenated alkanes) is 1. The Kier molecular flexibility index (Phi) is 8.94. The number of esters is 1. The van der Waals surface area contributed by atoms with Crippen LogP contribution in [0, 0.1) is 0 Å². The number of carbonyl (C=O) groups excluding carboxylic acids is 3. The van der Waals surface area contributed by atoms with Crippen LogP contribution in [0.4, 0.5) is 10.5 Å². The summed E-state index contributed by atoms with van der Waals surface area (Å²) in [5.74, 6) is -1.49. The highest BCUT2D eigenvalue weighted by molar-refractivity contribution is 8.00. The molecule has 1 saturated heterocycles. The second-order valence-electron chi connectivity index (χ2n) is 8.47. The predicted molar refractivity (Wildman–Crippen MR) is 123 cm³/mol. The van der Waals surface area contributed by atoms with E-state index >= 15 is 0 Å². The fourth-order valence-electron chi connectivity index (χ4n) is 3.20. The summed E-state index contributed by atoms with van der Waals surface area (Å²) in [6.07, 6.45) is 2.63. The smallest absolute Gasteiger partial charge is 0.335 e. The fraction of sp³-hybridized carbons (Fsp3) is 0.545. The third-order valence-corrected chi connectivity index (χ3v) is 5.99. The zero-order valence-electron chi connectivity index (χ0n) is 18.8. The number of thioether (sulfide) groups is 1. The van der Waals surface area contributed by atoms with Crippen molar-refractivity contribution >= 4 is 41.3 Å². The van der Waals surface area contributed by atoms with Crippen molar-refractivity contribution in [1.29, 1.82) is 0 Å². The summed E-state index contributed by atoms with van der Waals surface area (Å²) in [6, 6.07) is 4.44. The van der Waals surface area contributed by atoms with Gasteiger partial charge in [0.15, 0.2) is 0 Å². The van der Waals surface area contributed by atoms with E-state index in [0.717, 1.165) is 19.3 Å². The molecule has 0 aromatic heterocycles. The summed E-state index contributed by atoms with van der Waals surface area (Å²) in [6.45, 7) is 7.09. The fourth-order valence-corrected chi connectivity index (χ4v) is 4.66. The van der Waals surface area contributed by atoms with Crippen molar-refractivity contribution in [1.82, 2.24) is 10.2 Å². The Bertz CT molecular complexity index is 854. The average molecular weight is 466 g/mol. The second-order valence-corrected chi connectivity index (χ2v) is 9.68. The first-order valence-electron chi connectivity index (χ1n) is 10.6. The Hall–Kier alpha value is -2.75. The molecule has 1 aromatic carbocycles. The molecule has 2 rings (SSSR count). The van der Waals surface area contributed by atoms with Crippen molar-refractivity contribution in [3.05, 3.63) is 29.8 Å². The van der Waals surface area contributed by atoms with Gasteiger partial charge in [0.05, 0.1) is 17.5 Å². The molecule has 1 heterocycles. The van der Waals surface area contributed by atoms with Crippen molar-refractivity contribution in [2.45, 2.75) is 64.0 Å². The first-order valence-corrected chi connectivity index (χ1v) is 11.6. The summed E-state index contributed by atoms with van der Waals surface area (Å²) in [4.78, 5) is 50.5. The van der Waals surface area contributed by atoms with Gasteiger partial charge in [-0.15, -0.1) is 11.8 Å². The van der Waals surface area contributed by atoms with Gasteiger partial charge in [0.1, 0.15) is 11.6 Å². The normalized spacial score (nSPS) is 18.2. The summed E-state index contributed by atoms with van der Waals surface area (Å²) in [7, 11) is 0. The maximum absolute atomic E-state index is 13.0. The maximum Gasteiger partial charge on any atom is 0.335 e.